The summed E-state index contributed by atoms with van der Waals surface area (Å²) in [6.07, 6.45) is 1.61. The number of carboxylic acids is 1. The Labute approximate surface area is 110 Å². The molecule has 0 saturated heterocycles. The Bertz CT molecular complexity index is 559. The first-order chi connectivity index (χ1) is 8.25. The summed E-state index contributed by atoms with van der Waals surface area (Å²) in [4.78, 5) is 14.7. The van der Waals surface area contributed by atoms with Crippen LogP contribution in [0.2, 0.25) is 5.15 Å². The first-order valence-corrected chi connectivity index (χ1v) is 7.37. The van der Waals surface area contributed by atoms with E-state index in [0.29, 0.717) is 6.42 Å². The third-order valence-electron chi connectivity index (χ3n) is 2.11. The maximum Gasteiger partial charge on any atom is 0.335 e. The van der Waals surface area contributed by atoms with Crippen molar-refractivity contribution < 1.29 is 18.3 Å². The number of hydrogen-bond donors (Lipinski definition) is 1. The van der Waals surface area contributed by atoms with Gasteiger partial charge < -0.3 is 5.11 Å². The molecule has 0 unspecified atom stereocenters. The van der Waals surface area contributed by atoms with Gasteiger partial charge in [0.25, 0.3) is 0 Å². The summed E-state index contributed by atoms with van der Waals surface area (Å²) in [7, 11) is -3.52. The Balaban J connectivity index is 3.33. The van der Waals surface area contributed by atoms with Crippen LogP contribution in [0.4, 0.5) is 5.82 Å². The number of carboxylic acid groups (broad SMARTS) is 1. The summed E-state index contributed by atoms with van der Waals surface area (Å²) in [5.74, 6) is -1.17. The summed E-state index contributed by atoms with van der Waals surface area (Å²) in [5.41, 5.74) is -0.102. The van der Waals surface area contributed by atoms with E-state index in [1.165, 1.54) is 12.1 Å². The number of halogens is 1. The van der Waals surface area contributed by atoms with Gasteiger partial charge in [-0.2, -0.15) is 0 Å². The van der Waals surface area contributed by atoms with E-state index in [2.05, 4.69) is 4.98 Å². The van der Waals surface area contributed by atoms with Crippen LogP contribution in [-0.2, 0) is 10.0 Å². The van der Waals surface area contributed by atoms with Gasteiger partial charge in [0, 0.05) is 6.54 Å². The van der Waals surface area contributed by atoms with Gasteiger partial charge in [-0.05, 0) is 18.6 Å². The summed E-state index contributed by atoms with van der Waals surface area (Å²) < 4.78 is 24.3. The Morgan fingerprint density at radius 3 is 2.56 bits per heavy atom. The molecule has 100 valence electrons. The van der Waals surface area contributed by atoms with Crippen LogP contribution >= 0.6 is 11.6 Å². The van der Waals surface area contributed by atoms with Crippen LogP contribution in [0, 0.1) is 0 Å². The Morgan fingerprint density at radius 2 is 2.11 bits per heavy atom. The van der Waals surface area contributed by atoms with Gasteiger partial charge >= 0.3 is 5.97 Å². The van der Waals surface area contributed by atoms with Crippen molar-refractivity contribution in [2.75, 3.05) is 17.1 Å². The molecule has 1 N–H and O–H groups in total. The lowest BCUT2D eigenvalue weighted by Gasteiger charge is -2.20. The maximum atomic E-state index is 11.6. The fraction of sp³-hybridized carbons (Fsp3) is 0.400. The van der Waals surface area contributed by atoms with Crippen molar-refractivity contribution in [1.29, 1.82) is 0 Å². The van der Waals surface area contributed by atoms with E-state index in [-0.39, 0.29) is 23.1 Å². The van der Waals surface area contributed by atoms with Crippen LogP contribution < -0.4 is 4.31 Å². The first kappa shape index (κ1) is 14.7. The molecule has 0 bridgehead atoms. The predicted molar refractivity (Wildman–Crippen MR) is 68.7 cm³/mol. The highest BCUT2D eigenvalue weighted by Gasteiger charge is 2.20. The van der Waals surface area contributed by atoms with Crippen molar-refractivity contribution >= 4 is 33.4 Å². The van der Waals surface area contributed by atoms with Crippen LogP contribution in [0.3, 0.4) is 0 Å². The third-order valence-corrected chi connectivity index (χ3v) is 3.47. The molecule has 6 nitrogen and oxygen atoms in total. The number of aromatic nitrogens is 1. The number of nitrogens with zero attached hydrogens (tertiary/aromatic N) is 2. The number of pyridine rings is 1. The zero-order valence-electron chi connectivity index (χ0n) is 9.92. The molecule has 1 aromatic heterocycles. The molecule has 1 aromatic rings. The van der Waals surface area contributed by atoms with E-state index in [4.69, 9.17) is 16.7 Å². The van der Waals surface area contributed by atoms with E-state index in [1.54, 1.807) is 6.92 Å². The molecule has 8 heteroatoms. The van der Waals surface area contributed by atoms with Crippen molar-refractivity contribution in [3.8, 4) is 0 Å². The molecular formula is C10H13ClN2O4S. The first-order valence-electron chi connectivity index (χ1n) is 5.14. The minimum Gasteiger partial charge on any atom is -0.478 e. The number of sulfonamides is 1. The highest BCUT2D eigenvalue weighted by Crippen LogP contribution is 2.20. The molecule has 0 atom stereocenters. The van der Waals surface area contributed by atoms with E-state index in [0.717, 1.165) is 10.6 Å². The summed E-state index contributed by atoms with van der Waals surface area (Å²) in [5, 5.41) is 8.83. The lowest BCUT2D eigenvalue weighted by atomic mass is 10.2. The van der Waals surface area contributed by atoms with Crippen molar-refractivity contribution in [2.45, 2.75) is 13.3 Å². The van der Waals surface area contributed by atoms with E-state index < -0.39 is 16.0 Å². The molecule has 1 rings (SSSR count). The van der Waals surface area contributed by atoms with Crippen LogP contribution in [0.15, 0.2) is 12.1 Å². The highest BCUT2D eigenvalue weighted by molar-refractivity contribution is 7.92. The van der Waals surface area contributed by atoms with Gasteiger partial charge in [0.15, 0.2) is 0 Å². The van der Waals surface area contributed by atoms with Crippen LogP contribution in [0.5, 0.6) is 0 Å². The molecule has 0 saturated carbocycles. The molecule has 0 aliphatic carbocycles. The number of carbonyl (C=O) groups is 1. The lowest BCUT2D eigenvalue weighted by Crippen LogP contribution is -2.31. The Morgan fingerprint density at radius 1 is 1.50 bits per heavy atom. The number of hydrogen-bond acceptors (Lipinski definition) is 4. The van der Waals surface area contributed by atoms with Crippen LogP contribution in [0.1, 0.15) is 23.7 Å². The molecular weight excluding hydrogens is 280 g/mol. The second kappa shape index (κ2) is 5.53. The van der Waals surface area contributed by atoms with E-state index in [9.17, 15) is 13.2 Å². The van der Waals surface area contributed by atoms with Crippen molar-refractivity contribution in [2.24, 2.45) is 0 Å². The van der Waals surface area contributed by atoms with Gasteiger partial charge in [-0.25, -0.2) is 18.2 Å². The Kier molecular flexibility index (Phi) is 4.53. The Hall–Kier alpha value is -1.34. The minimum atomic E-state index is -3.52. The zero-order valence-corrected chi connectivity index (χ0v) is 11.5. The molecule has 18 heavy (non-hydrogen) atoms. The summed E-state index contributed by atoms with van der Waals surface area (Å²) in [6, 6.07) is 2.35. The highest BCUT2D eigenvalue weighted by atomic mass is 35.5. The summed E-state index contributed by atoms with van der Waals surface area (Å²) >= 11 is 5.69. The normalized spacial score (nSPS) is 11.3. The lowest BCUT2D eigenvalue weighted by molar-refractivity contribution is 0.0696. The average molecular weight is 293 g/mol. The van der Waals surface area contributed by atoms with E-state index >= 15 is 0 Å². The topological polar surface area (TPSA) is 87.6 Å². The zero-order chi connectivity index (χ0) is 13.9. The number of anilines is 1. The van der Waals surface area contributed by atoms with Gasteiger partial charge in [-0.1, -0.05) is 18.5 Å². The van der Waals surface area contributed by atoms with Gasteiger partial charge in [0.1, 0.15) is 11.0 Å². The van der Waals surface area contributed by atoms with Gasteiger partial charge in [-0.3, -0.25) is 4.31 Å². The minimum absolute atomic E-state index is 0.0178. The predicted octanol–water partition coefficient (Wildman–Crippen LogP) is 1.61. The molecule has 0 aliphatic heterocycles. The van der Waals surface area contributed by atoms with Crippen LogP contribution in [0.25, 0.3) is 0 Å². The molecule has 0 radical (unpaired) electrons. The maximum absolute atomic E-state index is 11.6. The summed E-state index contributed by atoms with van der Waals surface area (Å²) in [6.45, 7) is 2.02. The molecule has 1 heterocycles. The molecule has 0 spiro atoms. The SMILES string of the molecule is CCCN(c1cc(C(=O)O)cc(Cl)n1)S(C)(=O)=O. The number of rotatable bonds is 5. The second-order valence-electron chi connectivity index (χ2n) is 3.68. The standard InChI is InChI=1S/C10H13ClN2O4S/c1-3-4-13(18(2,16)17)9-6-7(10(14)15)5-8(11)12-9/h5-6H,3-4H2,1-2H3,(H,14,15). The van der Waals surface area contributed by atoms with Crippen molar-refractivity contribution in [1.82, 2.24) is 4.98 Å². The van der Waals surface area contributed by atoms with Gasteiger partial charge in [0.2, 0.25) is 10.0 Å². The average Bonchev–Trinajstić information content (AvgIpc) is 2.23. The molecule has 0 fully saturated rings. The molecule has 0 aromatic carbocycles. The fourth-order valence-corrected chi connectivity index (χ4v) is 2.54. The monoisotopic (exact) mass is 292 g/mol. The largest absolute Gasteiger partial charge is 0.478 e. The molecule has 0 amide bonds. The van der Waals surface area contributed by atoms with Crippen molar-refractivity contribution in [3.05, 3.63) is 22.8 Å². The third kappa shape index (κ3) is 3.58. The quantitative estimate of drug-likeness (QED) is 0.833. The fourth-order valence-electron chi connectivity index (χ4n) is 1.39. The number of aromatic carboxylic acids is 1. The van der Waals surface area contributed by atoms with Gasteiger partial charge in [-0.15, -0.1) is 0 Å². The van der Waals surface area contributed by atoms with E-state index in [1.807, 2.05) is 0 Å². The second-order valence-corrected chi connectivity index (χ2v) is 5.97. The smallest absolute Gasteiger partial charge is 0.335 e. The molecule has 0 aliphatic rings. The van der Waals surface area contributed by atoms with Gasteiger partial charge in [0.05, 0.1) is 11.8 Å². The van der Waals surface area contributed by atoms with Crippen molar-refractivity contribution in [3.63, 3.8) is 0 Å². The van der Waals surface area contributed by atoms with Crippen LogP contribution in [-0.4, -0.2) is 37.3 Å².